The molecule has 0 saturated heterocycles. The van der Waals surface area contributed by atoms with E-state index in [4.69, 9.17) is 11.5 Å². The number of hydrogen-bond acceptors (Lipinski definition) is 6. The van der Waals surface area contributed by atoms with Gasteiger partial charge in [-0.3, -0.25) is 0 Å². The SMILES string of the molecule is NC[C@@H](N)C(=O)OOC(=O)C(F)(F)F. The van der Waals surface area contributed by atoms with E-state index in [-0.39, 0.29) is 6.54 Å². The zero-order chi connectivity index (χ0) is 11.4. The Balaban J connectivity index is 3.96. The third-order valence-corrected chi connectivity index (χ3v) is 0.988. The maximum absolute atomic E-state index is 11.5. The standard InChI is InChI=1S/C5H7F3N2O4/c6-5(7,8)4(12)14-13-3(11)2(10)1-9/h2H,1,9-10H2/t2-/m1/s1. The van der Waals surface area contributed by atoms with E-state index in [1.54, 1.807) is 0 Å². The lowest BCUT2D eigenvalue weighted by Crippen LogP contribution is -2.40. The average molecular weight is 216 g/mol. The molecule has 82 valence electrons. The van der Waals surface area contributed by atoms with E-state index in [2.05, 4.69) is 9.78 Å². The van der Waals surface area contributed by atoms with Gasteiger partial charge < -0.3 is 11.5 Å². The summed E-state index contributed by atoms with van der Waals surface area (Å²) >= 11 is 0. The molecule has 6 nitrogen and oxygen atoms in total. The average Bonchev–Trinajstić information content (AvgIpc) is 2.10. The molecule has 0 saturated carbocycles. The van der Waals surface area contributed by atoms with Gasteiger partial charge in [-0.25, -0.2) is 19.4 Å². The van der Waals surface area contributed by atoms with Crippen molar-refractivity contribution in [1.82, 2.24) is 0 Å². The monoisotopic (exact) mass is 216 g/mol. The number of carbonyl (C=O) groups excluding carboxylic acids is 2. The van der Waals surface area contributed by atoms with E-state index < -0.39 is 24.2 Å². The summed E-state index contributed by atoms with van der Waals surface area (Å²) in [6, 6.07) is -1.34. The van der Waals surface area contributed by atoms with Crippen LogP contribution in [0, 0.1) is 0 Å². The van der Waals surface area contributed by atoms with Gasteiger partial charge in [0.05, 0.1) is 0 Å². The van der Waals surface area contributed by atoms with Gasteiger partial charge >= 0.3 is 18.1 Å². The molecule has 0 heterocycles. The molecule has 0 aliphatic heterocycles. The first-order chi connectivity index (χ1) is 6.29. The fraction of sp³-hybridized carbons (Fsp3) is 0.600. The van der Waals surface area contributed by atoms with Gasteiger partial charge in [0.1, 0.15) is 6.04 Å². The first kappa shape index (κ1) is 12.7. The van der Waals surface area contributed by atoms with Gasteiger partial charge in [0.25, 0.3) is 0 Å². The van der Waals surface area contributed by atoms with Crippen LogP contribution < -0.4 is 11.5 Å². The highest BCUT2D eigenvalue weighted by Gasteiger charge is 2.43. The molecule has 0 aromatic heterocycles. The molecule has 0 aromatic carbocycles. The Morgan fingerprint density at radius 1 is 1.29 bits per heavy atom. The van der Waals surface area contributed by atoms with E-state index in [1.807, 2.05) is 0 Å². The van der Waals surface area contributed by atoms with Gasteiger partial charge in [0.2, 0.25) is 0 Å². The van der Waals surface area contributed by atoms with Crippen molar-refractivity contribution in [2.24, 2.45) is 11.5 Å². The number of hydrogen-bond donors (Lipinski definition) is 2. The Bertz CT molecular complexity index is 230. The van der Waals surface area contributed by atoms with Crippen LogP contribution in [0.3, 0.4) is 0 Å². The summed E-state index contributed by atoms with van der Waals surface area (Å²) in [5.41, 5.74) is 9.82. The molecule has 0 amide bonds. The van der Waals surface area contributed by atoms with Crippen molar-refractivity contribution >= 4 is 11.9 Å². The van der Waals surface area contributed by atoms with Gasteiger partial charge in [-0.2, -0.15) is 13.2 Å². The molecule has 0 aromatic rings. The van der Waals surface area contributed by atoms with Crippen LogP contribution in [-0.2, 0) is 19.4 Å². The predicted molar refractivity (Wildman–Crippen MR) is 35.3 cm³/mol. The van der Waals surface area contributed by atoms with Crippen LogP contribution in [0.2, 0.25) is 0 Å². The first-order valence-corrected chi connectivity index (χ1v) is 3.24. The Hall–Kier alpha value is -1.35. The second kappa shape index (κ2) is 4.77. The Kier molecular flexibility index (Phi) is 4.31. The maximum atomic E-state index is 11.5. The number of carbonyl (C=O) groups is 2. The number of rotatable bonds is 2. The van der Waals surface area contributed by atoms with Crippen LogP contribution in [0.25, 0.3) is 0 Å². The number of alkyl halides is 3. The van der Waals surface area contributed by atoms with Crippen LogP contribution in [0.5, 0.6) is 0 Å². The highest BCUT2D eigenvalue weighted by molar-refractivity contribution is 5.78. The van der Waals surface area contributed by atoms with Crippen LogP contribution in [-0.4, -0.2) is 30.7 Å². The van der Waals surface area contributed by atoms with Gasteiger partial charge in [-0.1, -0.05) is 0 Å². The molecule has 4 N–H and O–H groups in total. The molecule has 0 spiro atoms. The second-order valence-corrected chi connectivity index (χ2v) is 2.11. The molecule has 0 fully saturated rings. The van der Waals surface area contributed by atoms with Crippen molar-refractivity contribution in [1.29, 1.82) is 0 Å². The van der Waals surface area contributed by atoms with E-state index in [9.17, 15) is 22.8 Å². The Labute approximate surface area is 75.9 Å². The summed E-state index contributed by atoms with van der Waals surface area (Å²) in [5.74, 6) is -4.00. The van der Waals surface area contributed by atoms with Gasteiger partial charge in [0.15, 0.2) is 0 Å². The summed E-state index contributed by atoms with van der Waals surface area (Å²) in [7, 11) is 0. The molecule has 1 atom stereocenters. The zero-order valence-corrected chi connectivity index (χ0v) is 6.71. The Morgan fingerprint density at radius 3 is 2.14 bits per heavy atom. The quantitative estimate of drug-likeness (QED) is 0.445. The van der Waals surface area contributed by atoms with Crippen LogP contribution in [0.1, 0.15) is 0 Å². The van der Waals surface area contributed by atoms with Crippen molar-refractivity contribution in [2.75, 3.05) is 6.54 Å². The largest absolute Gasteiger partial charge is 0.495 e. The minimum Gasteiger partial charge on any atom is -0.328 e. The molecule has 14 heavy (non-hydrogen) atoms. The van der Waals surface area contributed by atoms with E-state index in [1.165, 1.54) is 0 Å². The number of halogens is 3. The molecule has 0 aliphatic rings. The minimum atomic E-state index is -5.23. The summed E-state index contributed by atoms with van der Waals surface area (Å²) in [5, 5.41) is 0. The molecule has 0 aliphatic carbocycles. The summed E-state index contributed by atoms with van der Waals surface area (Å²) in [6.45, 7) is -0.345. The van der Waals surface area contributed by atoms with Crippen LogP contribution in [0.4, 0.5) is 13.2 Å². The first-order valence-electron chi connectivity index (χ1n) is 3.24. The molecule has 0 radical (unpaired) electrons. The molecule has 9 heteroatoms. The van der Waals surface area contributed by atoms with Crippen molar-refractivity contribution in [3.8, 4) is 0 Å². The molecule has 0 rings (SSSR count). The van der Waals surface area contributed by atoms with Crippen molar-refractivity contribution in [3.05, 3.63) is 0 Å². The maximum Gasteiger partial charge on any atom is 0.495 e. The molecular weight excluding hydrogens is 209 g/mol. The highest BCUT2D eigenvalue weighted by Crippen LogP contribution is 2.16. The van der Waals surface area contributed by atoms with Crippen molar-refractivity contribution < 1.29 is 32.5 Å². The fourth-order valence-electron chi connectivity index (χ4n) is 0.284. The molecule has 0 bridgehead atoms. The second-order valence-electron chi connectivity index (χ2n) is 2.11. The fourth-order valence-corrected chi connectivity index (χ4v) is 0.284. The van der Waals surface area contributed by atoms with Gasteiger partial charge in [0, 0.05) is 6.54 Å². The summed E-state index contributed by atoms with van der Waals surface area (Å²) in [4.78, 5) is 27.1. The third kappa shape index (κ3) is 4.05. The van der Waals surface area contributed by atoms with Gasteiger partial charge in [-0.05, 0) is 0 Å². The molecule has 0 unspecified atom stereocenters. The smallest absolute Gasteiger partial charge is 0.328 e. The van der Waals surface area contributed by atoms with Crippen molar-refractivity contribution in [3.63, 3.8) is 0 Å². The summed E-state index contributed by atoms with van der Waals surface area (Å²) < 4.78 is 34.4. The lowest BCUT2D eigenvalue weighted by Gasteiger charge is -2.07. The minimum absolute atomic E-state index is 0.345. The highest BCUT2D eigenvalue weighted by atomic mass is 19.4. The zero-order valence-electron chi connectivity index (χ0n) is 6.71. The lowest BCUT2D eigenvalue weighted by molar-refractivity contribution is -0.286. The molecular formula is C5H7F3N2O4. The summed E-state index contributed by atoms with van der Waals surface area (Å²) in [6.07, 6.45) is -5.23. The van der Waals surface area contributed by atoms with Crippen molar-refractivity contribution in [2.45, 2.75) is 12.2 Å². The number of nitrogens with two attached hydrogens (primary N) is 2. The van der Waals surface area contributed by atoms with Crippen LogP contribution in [0.15, 0.2) is 0 Å². The predicted octanol–water partition coefficient (Wildman–Crippen LogP) is -1.16. The van der Waals surface area contributed by atoms with E-state index >= 15 is 0 Å². The normalized spacial score (nSPS) is 13.2. The topological polar surface area (TPSA) is 105 Å². The lowest BCUT2D eigenvalue weighted by atomic mass is 10.3. The Morgan fingerprint density at radius 2 is 1.79 bits per heavy atom. The van der Waals surface area contributed by atoms with Crippen LogP contribution >= 0.6 is 0 Å². The third-order valence-electron chi connectivity index (χ3n) is 0.988. The van der Waals surface area contributed by atoms with Gasteiger partial charge in [-0.15, -0.1) is 0 Å². The van der Waals surface area contributed by atoms with E-state index in [0.717, 1.165) is 0 Å². The van der Waals surface area contributed by atoms with E-state index in [0.29, 0.717) is 0 Å².